The Morgan fingerprint density at radius 2 is 2.18 bits per heavy atom. The Hall–Kier alpha value is -1.18. The zero-order valence-electron chi connectivity index (χ0n) is 10.2. The standard InChI is InChI=1S/C10H18N4O2S/c1-8(14(2)3)7-13-17(15,16)9-5-4-6-12-10(9)11/h4-6,8,13H,7H2,1-3H3,(H2,11,12). The second-order valence-corrected chi connectivity index (χ2v) is 5.79. The largest absolute Gasteiger partial charge is 0.383 e. The molecule has 0 saturated carbocycles. The van der Waals surface area contributed by atoms with Crippen LogP contribution in [0.1, 0.15) is 6.92 Å². The lowest BCUT2D eigenvalue weighted by atomic mass is 10.3. The third kappa shape index (κ3) is 3.65. The van der Waals surface area contributed by atoms with Crippen LogP contribution in [0.5, 0.6) is 0 Å². The van der Waals surface area contributed by atoms with Gasteiger partial charge in [-0.25, -0.2) is 18.1 Å². The summed E-state index contributed by atoms with van der Waals surface area (Å²) in [6, 6.07) is 3.08. The number of sulfonamides is 1. The first-order valence-electron chi connectivity index (χ1n) is 5.21. The van der Waals surface area contributed by atoms with Gasteiger partial charge in [-0.2, -0.15) is 0 Å². The lowest BCUT2D eigenvalue weighted by Crippen LogP contribution is -2.38. The molecule has 1 unspecified atom stereocenters. The smallest absolute Gasteiger partial charge is 0.244 e. The first-order chi connectivity index (χ1) is 7.84. The van der Waals surface area contributed by atoms with Crippen LogP contribution in [0, 0.1) is 0 Å². The van der Waals surface area contributed by atoms with Gasteiger partial charge in [-0.15, -0.1) is 0 Å². The summed E-state index contributed by atoms with van der Waals surface area (Å²) >= 11 is 0. The van der Waals surface area contributed by atoms with Gasteiger partial charge in [0.15, 0.2) is 0 Å². The van der Waals surface area contributed by atoms with Crippen LogP contribution >= 0.6 is 0 Å². The predicted molar refractivity (Wildman–Crippen MR) is 67.0 cm³/mol. The number of nitrogens with one attached hydrogen (secondary N) is 1. The molecule has 0 amide bonds. The molecule has 0 bridgehead atoms. The Morgan fingerprint density at radius 1 is 1.53 bits per heavy atom. The molecular weight excluding hydrogens is 240 g/mol. The number of nitrogen functional groups attached to an aromatic ring is 1. The molecule has 0 aromatic carbocycles. The van der Waals surface area contributed by atoms with Crippen molar-refractivity contribution in [3.05, 3.63) is 18.3 Å². The Morgan fingerprint density at radius 3 is 2.71 bits per heavy atom. The zero-order chi connectivity index (χ0) is 13.1. The van der Waals surface area contributed by atoms with Gasteiger partial charge in [-0.1, -0.05) is 0 Å². The van der Waals surface area contributed by atoms with Crippen molar-refractivity contribution in [3.63, 3.8) is 0 Å². The maximum atomic E-state index is 11.9. The van der Waals surface area contributed by atoms with E-state index in [1.165, 1.54) is 12.3 Å². The van der Waals surface area contributed by atoms with Crippen LogP contribution in [-0.4, -0.2) is 45.0 Å². The molecule has 1 heterocycles. The van der Waals surface area contributed by atoms with Gasteiger partial charge in [0.25, 0.3) is 0 Å². The van der Waals surface area contributed by atoms with Crippen LogP contribution in [0.15, 0.2) is 23.2 Å². The molecule has 6 nitrogen and oxygen atoms in total. The van der Waals surface area contributed by atoms with Gasteiger partial charge in [0.2, 0.25) is 10.0 Å². The van der Waals surface area contributed by atoms with Crippen molar-refractivity contribution in [1.82, 2.24) is 14.6 Å². The van der Waals surface area contributed by atoms with Gasteiger partial charge in [-0.05, 0) is 33.2 Å². The maximum Gasteiger partial charge on any atom is 0.244 e. The molecule has 0 aliphatic rings. The average Bonchev–Trinajstić information content (AvgIpc) is 2.26. The molecule has 1 atom stereocenters. The Bertz CT molecular complexity index is 473. The molecule has 0 aliphatic carbocycles. The minimum absolute atomic E-state index is 0.0116. The molecule has 96 valence electrons. The topological polar surface area (TPSA) is 88.3 Å². The lowest BCUT2D eigenvalue weighted by molar-refractivity contribution is 0.314. The molecule has 17 heavy (non-hydrogen) atoms. The summed E-state index contributed by atoms with van der Waals surface area (Å²) in [5.74, 6) is 0.0116. The molecule has 0 aliphatic heterocycles. The van der Waals surface area contributed by atoms with Crippen molar-refractivity contribution in [2.45, 2.75) is 17.9 Å². The van der Waals surface area contributed by atoms with E-state index in [9.17, 15) is 8.42 Å². The monoisotopic (exact) mass is 258 g/mol. The van der Waals surface area contributed by atoms with Crippen LogP contribution in [0.2, 0.25) is 0 Å². The van der Waals surface area contributed by atoms with E-state index in [0.717, 1.165) is 0 Å². The number of nitrogens with zero attached hydrogens (tertiary/aromatic N) is 2. The fourth-order valence-corrected chi connectivity index (χ4v) is 2.32. The van der Waals surface area contributed by atoms with E-state index in [-0.39, 0.29) is 16.8 Å². The molecule has 1 aromatic heterocycles. The summed E-state index contributed by atoms with van der Waals surface area (Å²) in [7, 11) is 0.189. The Balaban J connectivity index is 2.80. The number of anilines is 1. The van der Waals surface area contributed by atoms with Crippen molar-refractivity contribution < 1.29 is 8.42 Å². The number of rotatable bonds is 5. The quantitative estimate of drug-likeness (QED) is 0.769. The van der Waals surface area contributed by atoms with Crippen LogP contribution in [0.4, 0.5) is 5.82 Å². The van der Waals surface area contributed by atoms with Crippen molar-refractivity contribution in [2.24, 2.45) is 0 Å². The number of nitrogens with two attached hydrogens (primary N) is 1. The lowest BCUT2D eigenvalue weighted by Gasteiger charge is -2.20. The maximum absolute atomic E-state index is 11.9. The van der Waals surface area contributed by atoms with Gasteiger partial charge in [-0.3, -0.25) is 0 Å². The van der Waals surface area contributed by atoms with Crippen LogP contribution < -0.4 is 10.5 Å². The van der Waals surface area contributed by atoms with E-state index >= 15 is 0 Å². The molecule has 1 rings (SSSR count). The fraction of sp³-hybridized carbons (Fsp3) is 0.500. The van der Waals surface area contributed by atoms with Crippen molar-refractivity contribution in [2.75, 3.05) is 26.4 Å². The first kappa shape index (κ1) is 13.9. The number of pyridine rings is 1. The second-order valence-electron chi connectivity index (χ2n) is 4.05. The molecular formula is C10H18N4O2S. The van der Waals surface area contributed by atoms with Gasteiger partial charge in [0.1, 0.15) is 10.7 Å². The highest BCUT2D eigenvalue weighted by Crippen LogP contribution is 2.13. The summed E-state index contributed by atoms with van der Waals surface area (Å²) < 4.78 is 26.4. The second kappa shape index (κ2) is 5.44. The van der Waals surface area contributed by atoms with E-state index in [0.29, 0.717) is 6.54 Å². The van der Waals surface area contributed by atoms with E-state index in [1.54, 1.807) is 6.07 Å². The average molecular weight is 258 g/mol. The minimum Gasteiger partial charge on any atom is -0.383 e. The van der Waals surface area contributed by atoms with Gasteiger partial charge < -0.3 is 10.6 Å². The molecule has 1 aromatic rings. The molecule has 0 fully saturated rings. The van der Waals surface area contributed by atoms with Gasteiger partial charge >= 0.3 is 0 Å². The van der Waals surface area contributed by atoms with Crippen molar-refractivity contribution in [1.29, 1.82) is 0 Å². The van der Waals surface area contributed by atoms with E-state index in [1.807, 2.05) is 25.9 Å². The number of aromatic nitrogens is 1. The van der Waals surface area contributed by atoms with E-state index < -0.39 is 10.0 Å². The first-order valence-corrected chi connectivity index (χ1v) is 6.69. The Kier molecular flexibility index (Phi) is 4.44. The summed E-state index contributed by atoms with van der Waals surface area (Å²) in [5.41, 5.74) is 5.53. The van der Waals surface area contributed by atoms with Crippen molar-refractivity contribution in [3.8, 4) is 0 Å². The predicted octanol–water partition coefficient (Wildman–Crippen LogP) is -0.108. The Labute approximate surface area is 102 Å². The van der Waals surface area contributed by atoms with Crippen LogP contribution in [0.25, 0.3) is 0 Å². The van der Waals surface area contributed by atoms with Crippen LogP contribution in [0.3, 0.4) is 0 Å². The summed E-state index contributed by atoms with van der Waals surface area (Å²) in [4.78, 5) is 5.70. The molecule has 0 saturated heterocycles. The highest BCUT2D eigenvalue weighted by Gasteiger charge is 2.18. The third-order valence-corrected chi connectivity index (χ3v) is 4.01. The number of hydrogen-bond acceptors (Lipinski definition) is 5. The van der Waals surface area contributed by atoms with E-state index in [2.05, 4.69) is 9.71 Å². The summed E-state index contributed by atoms with van der Waals surface area (Å²) in [6.07, 6.45) is 1.46. The zero-order valence-corrected chi connectivity index (χ0v) is 11.0. The highest BCUT2D eigenvalue weighted by atomic mass is 32.2. The number of hydrogen-bond donors (Lipinski definition) is 2. The summed E-state index contributed by atoms with van der Waals surface area (Å²) in [6.45, 7) is 2.25. The molecule has 0 radical (unpaired) electrons. The highest BCUT2D eigenvalue weighted by molar-refractivity contribution is 7.89. The number of likely N-dealkylation sites (N-methyl/N-ethyl adjacent to an activating group) is 1. The molecule has 3 N–H and O–H groups in total. The summed E-state index contributed by atoms with van der Waals surface area (Å²) in [5, 5.41) is 0. The van der Waals surface area contributed by atoms with Crippen molar-refractivity contribution >= 4 is 15.8 Å². The third-order valence-electron chi connectivity index (χ3n) is 2.54. The van der Waals surface area contributed by atoms with Crippen LogP contribution in [-0.2, 0) is 10.0 Å². The molecule has 0 spiro atoms. The minimum atomic E-state index is -3.58. The molecule has 7 heteroatoms. The van der Waals surface area contributed by atoms with E-state index in [4.69, 9.17) is 5.73 Å². The normalized spacial score (nSPS) is 13.9. The van der Waals surface area contributed by atoms with Gasteiger partial charge in [0, 0.05) is 18.8 Å². The SMILES string of the molecule is CC(CNS(=O)(=O)c1cccnc1N)N(C)C. The van der Waals surface area contributed by atoms with Gasteiger partial charge in [0.05, 0.1) is 0 Å². The fourth-order valence-electron chi connectivity index (χ4n) is 1.12.